The average Bonchev–Trinajstić information content (AvgIpc) is 1.91. The van der Waals surface area contributed by atoms with Gasteiger partial charge in [0, 0.05) is 0 Å². The van der Waals surface area contributed by atoms with E-state index >= 15 is 0 Å². The predicted molar refractivity (Wildman–Crippen MR) is 40.3 cm³/mol. The van der Waals surface area contributed by atoms with E-state index in [2.05, 4.69) is 0 Å². The summed E-state index contributed by atoms with van der Waals surface area (Å²) in [6, 6.07) is 0. The fourth-order valence-electron chi connectivity index (χ4n) is 1.41. The van der Waals surface area contributed by atoms with Crippen molar-refractivity contribution in [2.75, 3.05) is 0 Å². The summed E-state index contributed by atoms with van der Waals surface area (Å²) in [5.74, 6) is -0.234. The van der Waals surface area contributed by atoms with Crippen LogP contribution in [-0.2, 0) is 9.53 Å². The van der Waals surface area contributed by atoms with Crippen LogP contribution in [0.2, 0.25) is 0 Å². The Morgan fingerprint density at radius 2 is 1.82 bits per heavy atom. The summed E-state index contributed by atoms with van der Waals surface area (Å²) in [5, 5.41) is 9.39. The first-order chi connectivity index (χ1) is 4.77. The molecule has 0 aromatic rings. The second-order valence-corrected chi connectivity index (χ2v) is 3.98. The number of hydrogen-bond donors (Lipinski definition) is 1. The van der Waals surface area contributed by atoms with E-state index in [-0.39, 0.29) is 5.78 Å². The van der Waals surface area contributed by atoms with Crippen LogP contribution in [-0.4, -0.2) is 28.2 Å². The van der Waals surface area contributed by atoms with Gasteiger partial charge in [-0.1, -0.05) is 0 Å². The van der Waals surface area contributed by atoms with Crippen molar-refractivity contribution in [3.63, 3.8) is 0 Å². The molecule has 1 unspecified atom stereocenters. The third-order valence-electron chi connectivity index (χ3n) is 2.02. The lowest BCUT2D eigenvalue weighted by molar-refractivity contribution is -0.133. The van der Waals surface area contributed by atoms with Gasteiger partial charge in [-0.2, -0.15) is 0 Å². The topological polar surface area (TPSA) is 46.5 Å². The lowest BCUT2D eigenvalue weighted by Gasteiger charge is -2.22. The Balaban J connectivity index is 2.96. The first-order valence-electron chi connectivity index (χ1n) is 3.70. The Labute approximate surface area is 66.4 Å². The van der Waals surface area contributed by atoms with Crippen LogP contribution < -0.4 is 0 Å². The molecule has 0 aromatic heterocycles. The fraction of sp³-hybridized carbons (Fsp3) is 0.875. The molecule has 0 aromatic carbocycles. The molecule has 1 rings (SSSR count). The first kappa shape index (κ1) is 8.68. The summed E-state index contributed by atoms with van der Waals surface area (Å²) in [4.78, 5) is 11.3. The highest BCUT2D eigenvalue weighted by atomic mass is 16.6. The molecule has 0 saturated carbocycles. The number of ether oxygens (including phenoxy) is 1. The molecule has 64 valence electrons. The molecule has 1 saturated heterocycles. The zero-order valence-electron chi connectivity index (χ0n) is 7.34. The van der Waals surface area contributed by atoms with E-state index in [4.69, 9.17) is 4.74 Å². The van der Waals surface area contributed by atoms with E-state index in [9.17, 15) is 9.90 Å². The number of ketones is 1. The van der Waals surface area contributed by atoms with Crippen molar-refractivity contribution < 1.29 is 14.6 Å². The average molecular weight is 158 g/mol. The highest BCUT2D eigenvalue weighted by Gasteiger charge is 2.52. The normalized spacial score (nSPS) is 34.3. The van der Waals surface area contributed by atoms with Crippen molar-refractivity contribution in [1.82, 2.24) is 0 Å². The van der Waals surface area contributed by atoms with Gasteiger partial charge in [-0.25, -0.2) is 0 Å². The largest absolute Gasteiger partial charge is 0.382 e. The van der Waals surface area contributed by atoms with Gasteiger partial charge in [0.25, 0.3) is 0 Å². The maximum atomic E-state index is 11.3. The van der Waals surface area contributed by atoms with Gasteiger partial charge in [0.15, 0.2) is 5.78 Å². The fourth-order valence-corrected chi connectivity index (χ4v) is 1.41. The lowest BCUT2D eigenvalue weighted by Crippen LogP contribution is -2.35. The minimum atomic E-state index is -0.988. The van der Waals surface area contributed by atoms with Crippen LogP contribution >= 0.6 is 0 Å². The van der Waals surface area contributed by atoms with E-state index in [1.54, 1.807) is 27.7 Å². The van der Waals surface area contributed by atoms with Gasteiger partial charge in [-0.05, 0) is 27.7 Å². The summed E-state index contributed by atoms with van der Waals surface area (Å²) >= 11 is 0. The zero-order chi connectivity index (χ0) is 8.86. The molecular weight excluding hydrogens is 144 g/mol. The second-order valence-electron chi connectivity index (χ2n) is 3.98. The van der Waals surface area contributed by atoms with Crippen LogP contribution in [0.25, 0.3) is 0 Å². The van der Waals surface area contributed by atoms with E-state index in [1.807, 2.05) is 0 Å². The molecule has 1 aliphatic rings. The van der Waals surface area contributed by atoms with E-state index in [0.717, 1.165) is 0 Å². The van der Waals surface area contributed by atoms with Crippen LogP contribution in [0.4, 0.5) is 0 Å². The van der Waals surface area contributed by atoms with Gasteiger partial charge < -0.3 is 9.84 Å². The third kappa shape index (κ3) is 1.19. The van der Waals surface area contributed by atoms with Gasteiger partial charge in [-0.15, -0.1) is 0 Å². The van der Waals surface area contributed by atoms with Crippen LogP contribution in [0.5, 0.6) is 0 Å². The molecule has 0 spiro atoms. The number of rotatable bonds is 0. The molecule has 3 nitrogen and oxygen atoms in total. The third-order valence-corrected chi connectivity index (χ3v) is 2.02. The predicted octanol–water partition coefficient (Wildman–Crippen LogP) is 0.504. The smallest absolute Gasteiger partial charge is 0.195 e. The van der Waals surface area contributed by atoms with Crippen molar-refractivity contribution in [2.24, 2.45) is 0 Å². The monoisotopic (exact) mass is 158 g/mol. The number of carbonyl (C=O) groups is 1. The Bertz CT molecular complexity index is 194. The van der Waals surface area contributed by atoms with Crippen molar-refractivity contribution in [2.45, 2.75) is 45.0 Å². The van der Waals surface area contributed by atoms with E-state index < -0.39 is 17.3 Å². The summed E-state index contributed by atoms with van der Waals surface area (Å²) in [6.45, 7) is 6.77. The molecule has 11 heavy (non-hydrogen) atoms. The molecule has 1 atom stereocenters. The minimum Gasteiger partial charge on any atom is -0.382 e. The molecular formula is C8H14O3. The van der Waals surface area contributed by atoms with Gasteiger partial charge in [0.05, 0.1) is 5.60 Å². The Hall–Kier alpha value is -0.410. The van der Waals surface area contributed by atoms with Crippen LogP contribution in [0, 0.1) is 0 Å². The molecule has 0 aliphatic carbocycles. The van der Waals surface area contributed by atoms with Gasteiger partial charge >= 0.3 is 0 Å². The summed E-state index contributed by atoms with van der Waals surface area (Å²) in [5.41, 5.74) is -1.57. The zero-order valence-corrected chi connectivity index (χ0v) is 7.34. The van der Waals surface area contributed by atoms with Gasteiger partial charge in [0.2, 0.25) is 0 Å². The summed E-state index contributed by atoms with van der Waals surface area (Å²) < 4.78 is 5.36. The highest BCUT2D eigenvalue weighted by molar-refractivity contribution is 5.93. The second kappa shape index (κ2) is 2.05. The lowest BCUT2D eigenvalue weighted by atomic mass is 9.96. The van der Waals surface area contributed by atoms with Gasteiger partial charge in [-0.3, -0.25) is 4.79 Å². The Kier molecular flexibility index (Phi) is 1.62. The van der Waals surface area contributed by atoms with E-state index in [1.165, 1.54) is 0 Å². The molecule has 3 heteroatoms. The molecule has 1 aliphatic heterocycles. The SMILES string of the molecule is CC1(C)OC(C)(C)C(O)C1=O. The molecule has 1 fully saturated rings. The molecule has 1 N–H and O–H groups in total. The maximum Gasteiger partial charge on any atom is 0.195 e. The molecule has 0 radical (unpaired) electrons. The number of hydrogen-bond acceptors (Lipinski definition) is 3. The van der Waals surface area contributed by atoms with Crippen LogP contribution in [0.15, 0.2) is 0 Å². The van der Waals surface area contributed by atoms with Crippen LogP contribution in [0.3, 0.4) is 0 Å². The highest BCUT2D eigenvalue weighted by Crippen LogP contribution is 2.34. The molecule has 0 bridgehead atoms. The number of aliphatic hydroxyl groups excluding tert-OH is 1. The van der Waals surface area contributed by atoms with Crippen molar-refractivity contribution in [1.29, 1.82) is 0 Å². The first-order valence-corrected chi connectivity index (χ1v) is 3.70. The van der Waals surface area contributed by atoms with Crippen LogP contribution in [0.1, 0.15) is 27.7 Å². The minimum absolute atomic E-state index is 0.234. The van der Waals surface area contributed by atoms with Crippen molar-refractivity contribution in [3.05, 3.63) is 0 Å². The number of Topliss-reactive ketones (excluding diaryl/α,β-unsaturated/α-hetero) is 1. The standard InChI is InChI=1S/C8H14O3/c1-7(2)5(9)6(10)8(3,4)11-7/h5,9H,1-4H3. The number of aliphatic hydroxyl groups is 1. The Morgan fingerprint density at radius 3 is 1.91 bits per heavy atom. The summed E-state index contributed by atoms with van der Waals surface area (Å²) in [7, 11) is 0. The van der Waals surface area contributed by atoms with E-state index in [0.29, 0.717) is 0 Å². The number of carbonyl (C=O) groups excluding carboxylic acids is 1. The maximum absolute atomic E-state index is 11.3. The molecule has 0 amide bonds. The summed E-state index contributed by atoms with van der Waals surface area (Å²) in [6.07, 6.45) is -0.988. The molecule has 1 heterocycles. The quantitative estimate of drug-likeness (QED) is 0.558. The van der Waals surface area contributed by atoms with Crippen molar-refractivity contribution >= 4 is 5.78 Å². The Morgan fingerprint density at radius 1 is 1.36 bits per heavy atom. The van der Waals surface area contributed by atoms with Crippen molar-refractivity contribution in [3.8, 4) is 0 Å². The van der Waals surface area contributed by atoms with Gasteiger partial charge in [0.1, 0.15) is 11.7 Å².